The molecule has 1 fully saturated rings. The maximum absolute atomic E-state index is 9.02. The van der Waals surface area contributed by atoms with Crippen LogP contribution in [0.4, 0.5) is 0 Å². The summed E-state index contributed by atoms with van der Waals surface area (Å²) in [6, 6.07) is 0. The first-order valence-corrected chi connectivity index (χ1v) is 9.47. The van der Waals surface area contributed by atoms with E-state index in [4.69, 9.17) is 10.1 Å². The van der Waals surface area contributed by atoms with Gasteiger partial charge < -0.3 is 14.9 Å². The molecular weight excluding hydrogens is 322 g/mol. The molecule has 0 aromatic carbocycles. The normalized spacial score (nSPS) is 17.0. The monoisotopic (exact) mass is 349 g/mol. The fraction of sp³-hybridized carbons (Fsp3) is 0.647. The summed E-state index contributed by atoms with van der Waals surface area (Å²) in [6.45, 7) is 5.33. The van der Waals surface area contributed by atoms with Gasteiger partial charge in [-0.05, 0) is 38.9 Å². The standard InChI is InChI=1S/C17H27N5OS/c1-20(10-14-3-5-22(6-4-14)7-8-23)12-16-13-24-17(19-16)15-9-18-21(2)11-15/h9,11,13-14,23H,3-8,10,12H2,1-2H3. The van der Waals surface area contributed by atoms with Crippen LogP contribution < -0.4 is 0 Å². The number of thiazole rings is 1. The van der Waals surface area contributed by atoms with Crippen molar-refractivity contribution in [3.63, 3.8) is 0 Å². The van der Waals surface area contributed by atoms with Crippen LogP contribution in [0.3, 0.4) is 0 Å². The summed E-state index contributed by atoms with van der Waals surface area (Å²) in [4.78, 5) is 9.49. The van der Waals surface area contributed by atoms with Crippen molar-refractivity contribution >= 4 is 11.3 Å². The summed E-state index contributed by atoms with van der Waals surface area (Å²) in [5.41, 5.74) is 2.23. The number of aromatic nitrogens is 3. The van der Waals surface area contributed by atoms with Gasteiger partial charge in [-0.2, -0.15) is 5.10 Å². The Balaban J connectivity index is 1.47. The number of aliphatic hydroxyl groups is 1. The Kier molecular flexibility index (Phi) is 5.99. The van der Waals surface area contributed by atoms with Gasteiger partial charge in [-0.3, -0.25) is 4.68 Å². The van der Waals surface area contributed by atoms with E-state index in [2.05, 4.69) is 27.3 Å². The van der Waals surface area contributed by atoms with Gasteiger partial charge in [-0.1, -0.05) is 0 Å². The van der Waals surface area contributed by atoms with Gasteiger partial charge in [-0.15, -0.1) is 11.3 Å². The molecule has 132 valence electrons. The largest absolute Gasteiger partial charge is 0.395 e. The van der Waals surface area contributed by atoms with Crippen LogP contribution in [0.5, 0.6) is 0 Å². The summed E-state index contributed by atoms with van der Waals surface area (Å²) in [6.07, 6.45) is 6.32. The third-order valence-electron chi connectivity index (χ3n) is 4.63. The van der Waals surface area contributed by atoms with Crippen molar-refractivity contribution in [1.82, 2.24) is 24.6 Å². The molecule has 0 unspecified atom stereocenters. The number of piperidine rings is 1. The Morgan fingerprint density at radius 2 is 2.17 bits per heavy atom. The summed E-state index contributed by atoms with van der Waals surface area (Å²) in [5.74, 6) is 0.751. The molecule has 24 heavy (non-hydrogen) atoms. The van der Waals surface area contributed by atoms with E-state index in [1.54, 1.807) is 11.3 Å². The summed E-state index contributed by atoms with van der Waals surface area (Å²) in [5, 5.41) is 16.4. The third kappa shape index (κ3) is 4.63. The second-order valence-electron chi connectivity index (χ2n) is 6.75. The van der Waals surface area contributed by atoms with Gasteiger partial charge in [0, 0.05) is 43.8 Å². The summed E-state index contributed by atoms with van der Waals surface area (Å²) < 4.78 is 1.81. The van der Waals surface area contributed by atoms with Crippen molar-refractivity contribution in [2.75, 3.05) is 39.8 Å². The van der Waals surface area contributed by atoms with Crippen LogP contribution in [0.2, 0.25) is 0 Å². The van der Waals surface area contributed by atoms with Crippen LogP contribution >= 0.6 is 11.3 Å². The van der Waals surface area contributed by atoms with Crippen molar-refractivity contribution < 1.29 is 5.11 Å². The van der Waals surface area contributed by atoms with E-state index in [-0.39, 0.29) is 6.61 Å². The molecule has 1 aliphatic rings. The fourth-order valence-electron chi connectivity index (χ4n) is 3.36. The zero-order valence-corrected chi connectivity index (χ0v) is 15.4. The van der Waals surface area contributed by atoms with E-state index < -0.39 is 0 Å². The number of hydrogen-bond acceptors (Lipinski definition) is 6. The molecule has 1 aliphatic heterocycles. The Bertz CT molecular complexity index is 632. The Hall–Kier alpha value is -1.28. The highest BCUT2D eigenvalue weighted by molar-refractivity contribution is 7.13. The van der Waals surface area contributed by atoms with Crippen LogP contribution in [0.15, 0.2) is 17.8 Å². The van der Waals surface area contributed by atoms with Gasteiger partial charge in [0.15, 0.2) is 0 Å². The molecule has 7 heteroatoms. The number of aryl methyl sites for hydroxylation is 1. The molecule has 2 aromatic rings. The number of β-amino-alcohol motifs (C(OH)–C–C–N with tert-alkyl or cyclic N) is 1. The van der Waals surface area contributed by atoms with E-state index in [0.29, 0.717) is 0 Å². The first-order valence-electron chi connectivity index (χ1n) is 8.59. The minimum atomic E-state index is 0.271. The molecule has 3 heterocycles. The highest BCUT2D eigenvalue weighted by Crippen LogP contribution is 2.24. The SMILES string of the molecule is CN(Cc1csc(-c2cnn(C)c2)n1)CC1CCN(CCO)CC1. The average molecular weight is 350 g/mol. The van der Waals surface area contributed by atoms with Crippen molar-refractivity contribution in [3.05, 3.63) is 23.5 Å². The van der Waals surface area contributed by atoms with E-state index >= 15 is 0 Å². The molecule has 1 saturated heterocycles. The lowest BCUT2D eigenvalue weighted by atomic mass is 9.96. The highest BCUT2D eigenvalue weighted by Gasteiger charge is 2.20. The van der Waals surface area contributed by atoms with Crippen molar-refractivity contribution in [1.29, 1.82) is 0 Å². The maximum Gasteiger partial charge on any atom is 0.126 e. The second-order valence-corrected chi connectivity index (χ2v) is 7.61. The third-order valence-corrected chi connectivity index (χ3v) is 5.57. The van der Waals surface area contributed by atoms with Gasteiger partial charge in [0.2, 0.25) is 0 Å². The smallest absolute Gasteiger partial charge is 0.126 e. The lowest BCUT2D eigenvalue weighted by molar-refractivity contribution is 0.129. The first kappa shape index (κ1) is 17.5. The van der Waals surface area contributed by atoms with Crippen LogP contribution in [0.1, 0.15) is 18.5 Å². The minimum absolute atomic E-state index is 0.271. The number of rotatable bonds is 7. The molecule has 0 amide bonds. The molecular formula is C17H27N5OS. The van der Waals surface area contributed by atoms with E-state index in [0.717, 1.165) is 54.9 Å². The van der Waals surface area contributed by atoms with Gasteiger partial charge in [-0.25, -0.2) is 4.98 Å². The maximum atomic E-state index is 9.02. The predicted molar refractivity (Wildman–Crippen MR) is 96.9 cm³/mol. The number of likely N-dealkylation sites (tertiary alicyclic amines) is 1. The molecule has 6 nitrogen and oxygen atoms in total. The van der Waals surface area contributed by atoms with Gasteiger partial charge in [0.1, 0.15) is 5.01 Å². The molecule has 0 atom stereocenters. The Morgan fingerprint density at radius 3 is 2.83 bits per heavy atom. The molecule has 0 radical (unpaired) electrons. The van der Waals surface area contributed by atoms with Crippen LogP contribution in [-0.2, 0) is 13.6 Å². The molecule has 1 N–H and O–H groups in total. The van der Waals surface area contributed by atoms with E-state index in [1.165, 1.54) is 12.8 Å². The van der Waals surface area contributed by atoms with Crippen molar-refractivity contribution in [2.45, 2.75) is 19.4 Å². The van der Waals surface area contributed by atoms with Gasteiger partial charge in [0.05, 0.1) is 18.5 Å². The summed E-state index contributed by atoms with van der Waals surface area (Å²) >= 11 is 1.69. The number of hydrogen-bond donors (Lipinski definition) is 1. The van der Waals surface area contributed by atoms with Gasteiger partial charge >= 0.3 is 0 Å². The predicted octanol–water partition coefficient (Wildman–Crippen LogP) is 1.68. The fourth-order valence-corrected chi connectivity index (χ4v) is 4.15. The van der Waals surface area contributed by atoms with Crippen LogP contribution in [0.25, 0.3) is 10.6 Å². The molecule has 0 bridgehead atoms. The van der Waals surface area contributed by atoms with Gasteiger partial charge in [0.25, 0.3) is 0 Å². The minimum Gasteiger partial charge on any atom is -0.395 e. The molecule has 2 aromatic heterocycles. The molecule has 0 saturated carbocycles. The molecule has 3 rings (SSSR count). The molecule has 0 aliphatic carbocycles. The van der Waals surface area contributed by atoms with E-state index in [1.807, 2.05) is 24.1 Å². The second kappa shape index (κ2) is 8.20. The topological polar surface area (TPSA) is 57.4 Å². The van der Waals surface area contributed by atoms with Crippen molar-refractivity contribution in [2.24, 2.45) is 13.0 Å². The highest BCUT2D eigenvalue weighted by atomic mass is 32.1. The number of nitrogens with zero attached hydrogens (tertiary/aromatic N) is 5. The zero-order valence-electron chi connectivity index (χ0n) is 14.6. The zero-order chi connectivity index (χ0) is 16.9. The van der Waals surface area contributed by atoms with Crippen LogP contribution in [0, 0.1) is 5.92 Å². The lowest BCUT2D eigenvalue weighted by Crippen LogP contribution is -2.38. The average Bonchev–Trinajstić information content (AvgIpc) is 3.18. The van der Waals surface area contributed by atoms with Crippen LogP contribution in [-0.4, -0.2) is 69.5 Å². The summed E-state index contributed by atoms with van der Waals surface area (Å²) in [7, 11) is 4.11. The quantitative estimate of drug-likeness (QED) is 0.824. The van der Waals surface area contributed by atoms with E-state index in [9.17, 15) is 0 Å². The first-order chi connectivity index (χ1) is 11.6. The Labute approximate surface area is 147 Å². The lowest BCUT2D eigenvalue weighted by Gasteiger charge is -2.33. The Morgan fingerprint density at radius 1 is 1.38 bits per heavy atom. The van der Waals surface area contributed by atoms with Crippen molar-refractivity contribution in [3.8, 4) is 10.6 Å². The molecule has 0 spiro atoms. The number of aliphatic hydroxyl groups excluding tert-OH is 1.